The zero-order valence-corrected chi connectivity index (χ0v) is 14.1. The van der Waals surface area contributed by atoms with E-state index >= 15 is 0 Å². The van der Waals surface area contributed by atoms with E-state index in [1.54, 1.807) is 0 Å². The van der Waals surface area contributed by atoms with Gasteiger partial charge in [-0.1, -0.05) is 19.1 Å². The highest BCUT2D eigenvalue weighted by atomic mass is 16.5. The molecule has 0 radical (unpaired) electrons. The average Bonchev–Trinajstić information content (AvgIpc) is 2.60. The van der Waals surface area contributed by atoms with Gasteiger partial charge < -0.3 is 14.4 Å². The standard InChI is InChI=1S/C19H27NO3/c1-2-12-23-17-7-4-3-6-16(17)18(21)20-11-5-8-19(15-20)9-13-22-14-10-19/h3-4,6-7H,2,5,8-15H2,1H3. The molecule has 2 heterocycles. The van der Waals surface area contributed by atoms with Crippen LogP contribution in [0, 0.1) is 5.41 Å². The van der Waals surface area contributed by atoms with Crippen LogP contribution in [0.15, 0.2) is 24.3 Å². The number of benzene rings is 1. The second-order valence-corrected chi connectivity index (χ2v) is 6.79. The lowest BCUT2D eigenvalue weighted by Crippen LogP contribution is -2.48. The number of para-hydroxylation sites is 1. The van der Waals surface area contributed by atoms with Crippen molar-refractivity contribution in [3.63, 3.8) is 0 Å². The van der Waals surface area contributed by atoms with Crippen LogP contribution in [0.25, 0.3) is 0 Å². The maximum absolute atomic E-state index is 13.0. The van der Waals surface area contributed by atoms with Crippen molar-refractivity contribution in [2.24, 2.45) is 5.41 Å². The van der Waals surface area contributed by atoms with Gasteiger partial charge in [-0.3, -0.25) is 4.79 Å². The molecule has 2 aliphatic heterocycles. The first-order valence-corrected chi connectivity index (χ1v) is 8.83. The van der Waals surface area contributed by atoms with Crippen LogP contribution in [-0.2, 0) is 4.74 Å². The number of carbonyl (C=O) groups is 1. The number of rotatable bonds is 4. The highest BCUT2D eigenvalue weighted by Crippen LogP contribution is 2.39. The monoisotopic (exact) mass is 317 g/mol. The molecule has 0 atom stereocenters. The molecule has 0 saturated carbocycles. The van der Waals surface area contributed by atoms with Crippen LogP contribution >= 0.6 is 0 Å². The minimum Gasteiger partial charge on any atom is -0.493 e. The third-order valence-corrected chi connectivity index (χ3v) is 5.08. The van der Waals surface area contributed by atoms with Gasteiger partial charge in [0.2, 0.25) is 0 Å². The van der Waals surface area contributed by atoms with Crippen LogP contribution < -0.4 is 4.74 Å². The van der Waals surface area contributed by atoms with Crippen molar-refractivity contribution in [1.29, 1.82) is 0 Å². The Kier molecular flexibility index (Phi) is 5.21. The van der Waals surface area contributed by atoms with Crippen molar-refractivity contribution in [2.75, 3.05) is 32.9 Å². The van der Waals surface area contributed by atoms with Crippen molar-refractivity contribution < 1.29 is 14.3 Å². The number of piperidine rings is 1. The number of carbonyl (C=O) groups excluding carboxylic acids is 1. The lowest BCUT2D eigenvalue weighted by molar-refractivity contribution is -0.0230. The summed E-state index contributed by atoms with van der Waals surface area (Å²) in [6, 6.07) is 7.63. The quantitative estimate of drug-likeness (QED) is 0.853. The summed E-state index contributed by atoms with van der Waals surface area (Å²) in [5, 5.41) is 0. The van der Waals surface area contributed by atoms with Crippen molar-refractivity contribution in [1.82, 2.24) is 4.90 Å². The summed E-state index contributed by atoms with van der Waals surface area (Å²) in [6.45, 7) is 6.09. The topological polar surface area (TPSA) is 38.8 Å². The summed E-state index contributed by atoms with van der Waals surface area (Å²) < 4.78 is 11.3. The molecule has 2 saturated heterocycles. The molecule has 23 heavy (non-hydrogen) atoms. The zero-order chi connectivity index (χ0) is 16.1. The maximum atomic E-state index is 13.0. The van der Waals surface area contributed by atoms with Gasteiger partial charge in [-0.05, 0) is 49.7 Å². The SMILES string of the molecule is CCCOc1ccccc1C(=O)N1CCCC2(CCOCC2)C1. The first kappa shape index (κ1) is 16.3. The Balaban J connectivity index is 1.74. The first-order valence-electron chi connectivity index (χ1n) is 8.83. The van der Waals surface area contributed by atoms with Gasteiger partial charge >= 0.3 is 0 Å². The highest BCUT2D eigenvalue weighted by molar-refractivity contribution is 5.97. The summed E-state index contributed by atoms with van der Waals surface area (Å²) in [7, 11) is 0. The van der Waals surface area contributed by atoms with Crippen molar-refractivity contribution in [3.05, 3.63) is 29.8 Å². The smallest absolute Gasteiger partial charge is 0.257 e. The highest BCUT2D eigenvalue weighted by Gasteiger charge is 2.38. The van der Waals surface area contributed by atoms with E-state index in [-0.39, 0.29) is 11.3 Å². The largest absolute Gasteiger partial charge is 0.493 e. The van der Waals surface area contributed by atoms with Gasteiger partial charge in [0.1, 0.15) is 5.75 Å². The number of nitrogens with zero attached hydrogens (tertiary/aromatic N) is 1. The molecule has 3 rings (SSSR count). The molecule has 4 heteroatoms. The number of likely N-dealkylation sites (tertiary alicyclic amines) is 1. The minimum absolute atomic E-state index is 0.113. The van der Waals surface area contributed by atoms with Crippen LogP contribution in [0.1, 0.15) is 49.4 Å². The molecule has 126 valence electrons. The van der Waals surface area contributed by atoms with E-state index in [0.29, 0.717) is 17.9 Å². The van der Waals surface area contributed by atoms with Crippen molar-refractivity contribution >= 4 is 5.91 Å². The van der Waals surface area contributed by atoms with Crippen LogP contribution in [0.2, 0.25) is 0 Å². The second kappa shape index (κ2) is 7.35. The molecular weight excluding hydrogens is 290 g/mol. The van der Waals surface area contributed by atoms with E-state index < -0.39 is 0 Å². The zero-order valence-electron chi connectivity index (χ0n) is 14.1. The molecule has 1 aromatic rings. The normalized spacial score (nSPS) is 20.5. The molecule has 0 unspecified atom stereocenters. The van der Waals surface area contributed by atoms with E-state index in [0.717, 1.165) is 52.0 Å². The number of amides is 1. The van der Waals surface area contributed by atoms with Crippen LogP contribution in [0.5, 0.6) is 5.75 Å². The molecule has 1 aromatic carbocycles. The Labute approximate surface area is 138 Å². The Bertz CT molecular complexity index is 532. The fourth-order valence-corrected chi connectivity index (χ4v) is 3.75. The van der Waals surface area contributed by atoms with Crippen LogP contribution in [-0.4, -0.2) is 43.7 Å². The molecule has 0 N–H and O–H groups in total. The second-order valence-electron chi connectivity index (χ2n) is 6.79. The first-order chi connectivity index (χ1) is 11.2. The molecule has 1 spiro atoms. The van der Waals surface area contributed by atoms with Crippen LogP contribution in [0.3, 0.4) is 0 Å². The van der Waals surface area contributed by atoms with Gasteiger partial charge in [-0.15, -0.1) is 0 Å². The van der Waals surface area contributed by atoms with Gasteiger partial charge in [0.25, 0.3) is 5.91 Å². The Morgan fingerprint density at radius 3 is 2.83 bits per heavy atom. The van der Waals surface area contributed by atoms with Crippen molar-refractivity contribution in [2.45, 2.75) is 39.0 Å². The predicted octanol–water partition coefficient (Wildman–Crippen LogP) is 3.51. The Morgan fingerprint density at radius 1 is 1.26 bits per heavy atom. The molecule has 1 amide bonds. The van der Waals surface area contributed by atoms with E-state index in [1.807, 2.05) is 29.2 Å². The number of ether oxygens (including phenoxy) is 2. The summed E-state index contributed by atoms with van der Waals surface area (Å²) in [5.74, 6) is 0.827. The molecule has 2 aliphatic rings. The summed E-state index contributed by atoms with van der Waals surface area (Å²) in [6.07, 6.45) is 5.39. The predicted molar refractivity (Wildman–Crippen MR) is 89.9 cm³/mol. The van der Waals surface area contributed by atoms with Crippen molar-refractivity contribution in [3.8, 4) is 5.75 Å². The van der Waals surface area contributed by atoms with Gasteiger partial charge in [0.05, 0.1) is 12.2 Å². The van der Waals surface area contributed by atoms with Crippen LogP contribution in [0.4, 0.5) is 0 Å². The van der Waals surface area contributed by atoms with E-state index in [2.05, 4.69) is 6.92 Å². The molecular formula is C19H27NO3. The van der Waals surface area contributed by atoms with Gasteiger partial charge in [0, 0.05) is 26.3 Å². The minimum atomic E-state index is 0.113. The summed E-state index contributed by atoms with van der Waals surface area (Å²) in [5.41, 5.74) is 0.968. The van der Waals surface area contributed by atoms with E-state index in [9.17, 15) is 4.79 Å². The summed E-state index contributed by atoms with van der Waals surface area (Å²) in [4.78, 5) is 15.1. The third-order valence-electron chi connectivity index (χ3n) is 5.08. The average molecular weight is 317 g/mol. The number of hydrogen-bond acceptors (Lipinski definition) is 3. The Morgan fingerprint density at radius 2 is 2.04 bits per heavy atom. The fourth-order valence-electron chi connectivity index (χ4n) is 3.75. The van der Waals surface area contributed by atoms with E-state index in [1.165, 1.54) is 6.42 Å². The third kappa shape index (κ3) is 3.69. The fraction of sp³-hybridized carbons (Fsp3) is 0.632. The molecule has 2 fully saturated rings. The number of hydrogen-bond donors (Lipinski definition) is 0. The van der Waals surface area contributed by atoms with Gasteiger partial charge in [-0.2, -0.15) is 0 Å². The molecule has 0 bridgehead atoms. The molecule has 0 aliphatic carbocycles. The molecule has 4 nitrogen and oxygen atoms in total. The maximum Gasteiger partial charge on any atom is 0.257 e. The Hall–Kier alpha value is -1.55. The van der Waals surface area contributed by atoms with Gasteiger partial charge in [-0.25, -0.2) is 0 Å². The summed E-state index contributed by atoms with van der Waals surface area (Å²) >= 11 is 0. The molecule has 0 aromatic heterocycles. The lowest BCUT2D eigenvalue weighted by atomic mass is 9.74. The lowest BCUT2D eigenvalue weighted by Gasteiger charge is -2.45. The van der Waals surface area contributed by atoms with E-state index in [4.69, 9.17) is 9.47 Å². The van der Waals surface area contributed by atoms with Gasteiger partial charge in [0.15, 0.2) is 0 Å².